The second-order valence-electron chi connectivity index (χ2n) is 5.65. The molecule has 0 radical (unpaired) electrons. The monoisotopic (exact) mass is 431 g/mol. The van der Waals surface area contributed by atoms with Gasteiger partial charge in [-0.25, -0.2) is 4.79 Å². The molecule has 0 spiro atoms. The number of imide groups is 1. The zero-order valence-corrected chi connectivity index (χ0v) is 15.9. The lowest BCUT2D eigenvalue weighted by Gasteiger charge is -2.21. The van der Waals surface area contributed by atoms with Crippen molar-refractivity contribution in [2.45, 2.75) is 12.5 Å². The zero-order chi connectivity index (χ0) is 18.7. The second-order valence-corrected chi connectivity index (χ2v) is 7.56. The number of carboxylic acid groups (broad SMARTS) is 1. The number of rotatable bonds is 5. The molecule has 0 saturated carbocycles. The SMILES string of the molecule is O=C(O)C(Cc1ccccc1)N1C(=O)S/C(=C\c2cccc(Br)c2)C1=O. The van der Waals surface area contributed by atoms with Gasteiger partial charge in [-0.1, -0.05) is 58.4 Å². The molecule has 1 aliphatic heterocycles. The summed E-state index contributed by atoms with van der Waals surface area (Å²) in [6, 6.07) is 15.0. The lowest BCUT2D eigenvalue weighted by atomic mass is 10.0. The molecule has 26 heavy (non-hydrogen) atoms. The van der Waals surface area contributed by atoms with E-state index in [2.05, 4.69) is 15.9 Å². The number of aliphatic carboxylic acids is 1. The van der Waals surface area contributed by atoms with Crippen LogP contribution >= 0.6 is 27.7 Å². The molecule has 2 amide bonds. The van der Waals surface area contributed by atoms with Crippen LogP contribution < -0.4 is 0 Å². The Morgan fingerprint density at radius 3 is 2.54 bits per heavy atom. The molecule has 2 aromatic rings. The number of carbonyl (C=O) groups excluding carboxylic acids is 2. The third-order valence-electron chi connectivity index (χ3n) is 3.84. The van der Waals surface area contributed by atoms with Gasteiger partial charge in [-0.3, -0.25) is 14.5 Å². The highest BCUT2D eigenvalue weighted by atomic mass is 79.9. The van der Waals surface area contributed by atoms with Crippen molar-refractivity contribution in [2.24, 2.45) is 0 Å². The molecular formula is C19H14BrNO4S. The van der Waals surface area contributed by atoms with Crippen LogP contribution in [-0.2, 0) is 16.0 Å². The van der Waals surface area contributed by atoms with Gasteiger partial charge in [0.05, 0.1) is 4.91 Å². The Labute approximate surface area is 162 Å². The Balaban J connectivity index is 1.88. The fourth-order valence-corrected chi connectivity index (χ4v) is 3.92. The molecule has 1 fully saturated rings. The molecule has 5 nitrogen and oxygen atoms in total. The fourth-order valence-electron chi connectivity index (χ4n) is 2.62. The van der Waals surface area contributed by atoms with E-state index >= 15 is 0 Å². The number of carboxylic acids is 1. The number of carbonyl (C=O) groups is 3. The minimum absolute atomic E-state index is 0.0678. The lowest BCUT2D eigenvalue weighted by Crippen LogP contribution is -2.45. The van der Waals surface area contributed by atoms with Gasteiger partial charge in [0, 0.05) is 10.9 Å². The Morgan fingerprint density at radius 2 is 1.88 bits per heavy atom. The van der Waals surface area contributed by atoms with E-state index in [0.717, 1.165) is 32.3 Å². The third kappa shape index (κ3) is 4.05. The van der Waals surface area contributed by atoms with E-state index in [1.165, 1.54) is 0 Å². The van der Waals surface area contributed by atoms with Gasteiger partial charge in [-0.15, -0.1) is 0 Å². The molecule has 1 heterocycles. The Hall–Kier alpha value is -2.38. The van der Waals surface area contributed by atoms with Crippen LogP contribution in [-0.4, -0.2) is 33.2 Å². The molecule has 1 saturated heterocycles. The summed E-state index contributed by atoms with van der Waals surface area (Å²) in [5.74, 6) is -1.79. The number of hydrogen-bond acceptors (Lipinski definition) is 4. The van der Waals surface area contributed by atoms with Crippen LogP contribution in [0.4, 0.5) is 4.79 Å². The standard InChI is InChI=1S/C19H14BrNO4S/c20-14-8-4-7-13(9-14)11-16-17(22)21(19(25)26-16)15(18(23)24)10-12-5-2-1-3-6-12/h1-9,11,15H,10H2,(H,23,24)/b16-11-. The molecule has 0 aromatic heterocycles. The van der Waals surface area contributed by atoms with Crippen molar-refractivity contribution in [2.75, 3.05) is 0 Å². The van der Waals surface area contributed by atoms with Gasteiger partial charge in [-0.2, -0.15) is 0 Å². The summed E-state index contributed by atoms with van der Waals surface area (Å²) in [7, 11) is 0. The summed E-state index contributed by atoms with van der Waals surface area (Å²) >= 11 is 4.11. The van der Waals surface area contributed by atoms with Gasteiger partial charge < -0.3 is 5.11 Å². The molecule has 1 atom stereocenters. The molecule has 1 aliphatic rings. The topological polar surface area (TPSA) is 74.7 Å². The highest BCUT2D eigenvalue weighted by Crippen LogP contribution is 2.34. The van der Waals surface area contributed by atoms with Gasteiger partial charge in [-0.05, 0) is 41.1 Å². The van der Waals surface area contributed by atoms with E-state index in [-0.39, 0.29) is 11.3 Å². The van der Waals surface area contributed by atoms with Crippen LogP contribution in [0.2, 0.25) is 0 Å². The van der Waals surface area contributed by atoms with E-state index in [4.69, 9.17) is 0 Å². The molecule has 2 aromatic carbocycles. The van der Waals surface area contributed by atoms with Crippen molar-refractivity contribution in [1.29, 1.82) is 0 Å². The maximum absolute atomic E-state index is 12.7. The van der Waals surface area contributed by atoms with E-state index in [9.17, 15) is 19.5 Å². The molecule has 1 unspecified atom stereocenters. The minimum Gasteiger partial charge on any atom is -0.480 e. The quantitative estimate of drug-likeness (QED) is 0.718. The van der Waals surface area contributed by atoms with E-state index in [0.29, 0.717) is 0 Å². The number of amides is 2. The van der Waals surface area contributed by atoms with Gasteiger partial charge >= 0.3 is 5.97 Å². The molecule has 3 rings (SSSR count). The second kappa shape index (κ2) is 7.88. The summed E-state index contributed by atoms with van der Waals surface area (Å²) in [6.07, 6.45) is 1.66. The Morgan fingerprint density at radius 1 is 1.15 bits per heavy atom. The van der Waals surface area contributed by atoms with E-state index in [1.54, 1.807) is 36.4 Å². The van der Waals surface area contributed by atoms with Gasteiger partial charge in [0.1, 0.15) is 6.04 Å². The largest absolute Gasteiger partial charge is 0.480 e. The molecule has 1 N–H and O–H groups in total. The summed E-state index contributed by atoms with van der Waals surface area (Å²) in [5, 5.41) is 8.99. The molecule has 132 valence electrons. The molecule has 7 heteroatoms. The maximum Gasteiger partial charge on any atom is 0.327 e. The van der Waals surface area contributed by atoms with Crippen molar-refractivity contribution in [3.05, 3.63) is 75.1 Å². The van der Waals surface area contributed by atoms with E-state index in [1.807, 2.05) is 24.3 Å². The van der Waals surface area contributed by atoms with Crippen LogP contribution in [0.25, 0.3) is 6.08 Å². The fraction of sp³-hybridized carbons (Fsp3) is 0.105. The van der Waals surface area contributed by atoms with Crippen LogP contribution in [0.15, 0.2) is 64.0 Å². The van der Waals surface area contributed by atoms with Crippen molar-refractivity contribution in [1.82, 2.24) is 4.90 Å². The lowest BCUT2D eigenvalue weighted by molar-refractivity contribution is -0.145. The summed E-state index contributed by atoms with van der Waals surface area (Å²) < 4.78 is 0.845. The Kier molecular flexibility index (Phi) is 5.58. The average Bonchev–Trinajstić information content (AvgIpc) is 2.87. The van der Waals surface area contributed by atoms with Crippen molar-refractivity contribution in [3.8, 4) is 0 Å². The summed E-state index contributed by atoms with van der Waals surface area (Å²) in [4.78, 5) is 37.8. The van der Waals surface area contributed by atoms with Crippen LogP contribution in [0.3, 0.4) is 0 Å². The zero-order valence-electron chi connectivity index (χ0n) is 13.5. The first kappa shape index (κ1) is 18.4. The normalized spacial score (nSPS) is 17.0. The van der Waals surface area contributed by atoms with Gasteiger partial charge in [0.25, 0.3) is 11.1 Å². The van der Waals surface area contributed by atoms with Crippen LogP contribution in [0, 0.1) is 0 Å². The molecule has 0 bridgehead atoms. The smallest absolute Gasteiger partial charge is 0.327 e. The van der Waals surface area contributed by atoms with Crippen molar-refractivity contribution >= 4 is 50.9 Å². The van der Waals surface area contributed by atoms with Crippen molar-refractivity contribution < 1.29 is 19.5 Å². The summed E-state index contributed by atoms with van der Waals surface area (Å²) in [6.45, 7) is 0. The number of nitrogens with zero attached hydrogens (tertiary/aromatic N) is 1. The number of halogens is 1. The Bertz CT molecular complexity index is 897. The van der Waals surface area contributed by atoms with Crippen LogP contribution in [0.5, 0.6) is 0 Å². The maximum atomic E-state index is 12.7. The minimum atomic E-state index is -1.24. The van der Waals surface area contributed by atoms with E-state index < -0.39 is 23.2 Å². The molecule has 0 aliphatic carbocycles. The number of hydrogen-bond donors (Lipinski definition) is 1. The average molecular weight is 432 g/mol. The number of thioether (sulfide) groups is 1. The summed E-state index contributed by atoms with van der Waals surface area (Å²) in [5.41, 5.74) is 1.50. The van der Waals surface area contributed by atoms with Gasteiger partial charge in [0.15, 0.2) is 0 Å². The molecular weight excluding hydrogens is 418 g/mol. The number of benzene rings is 2. The highest BCUT2D eigenvalue weighted by molar-refractivity contribution is 9.10. The first-order chi connectivity index (χ1) is 12.5. The first-order valence-electron chi connectivity index (χ1n) is 7.75. The predicted octanol–water partition coefficient (Wildman–Crippen LogP) is 4.18. The highest BCUT2D eigenvalue weighted by Gasteiger charge is 2.42. The third-order valence-corrected chi connectivity index (χ3v) is 5.22. The van der Waals surface area contributed by atoms with Gasteiger partial charge in [0.2, 0.25) is 0 Å². The predicted molar refractivity (Wildman–Crippen MR) is 104 cm³/mol. The van der Waals surface area contributed by atoms with Crippen molar-refractivity contribution in [3.63, 3.8) is 0 Å². The first-order valence-corrected chi connectivity index (χ1v) is 9.36. The van der Waals surface area contributed by atoms with Crippen LogP contribution in [0.1, 0.15) is 11.1 Å².